The fourth-order valence-corrected chi connectivity index (χ4v) is 2.84. The standard InChI is InChI=1S/C20H17ClO2/c21-18-8-4-14(5-9-18)12-16-2-1-3-17(20(16)23)13-15-6-10-19(22)11-7-15/h4-13,22H,1-3H2/b16-12+,17-13+. The summed E-state index contributed by atoms with van der Waals surface area (Å²) in [4.78, 5) is 12.7. The van der Waals surface area contributed by atoms with Gasteiger partial charge in [0.25, 0.3) is 0 Å². The van der Waals surface area contributed by atoms with Crippen molar-refractivity contribution in [2.75, 3.05) is 0 Å². The second-order valence-corrected chi connectivity index (χ2v) is 6.10. The highest BCUT2D eigenvalue weighted by atomic mass is 35.5. The Bertz CT molecular complexity index is 703. The van der Waals surface area contributed by atoms with Crippen molar-refractivity contribution >= 4 is 29.5 Å². The summed E-state index contributed by atoms with van der Waals surface area (Å²) in [6, 6.07) is 14.4. The van der Waals surface area contributed by atoms with E-state index in [1.807, 2.05) is 48.6 Å². The Hall–Kier alpha value is -2.32. The molecule has 3 rings (SSSR count). The van der Waals surface area contributed by atoms with Gasteiger partial charge in [-0.25, -0.2) is 0 Å². The van der Waals surface area contributed by atoms with Crippen molar-refractivity contribution < 1.29 is 9.90 Å². The lowest BCUT2D eigenvalue weighted by Gasteiger charge is -2.16. The molecule has 0 bridgehead atoms. The zero-order valence-electron chi connectivity index (χ0n) is 12.6. The van der Waals surface area contributed by atoms with Crippen LogP contribution < -0.4 is 0 Å². The van der Waals surface area contributed by atoms with Crippen LogP contribution in [-0.4, -0.2) is 10.9 Å². The van der Waals surface area contributed by atoms with E-state index in [0.29, 0.717) is 5.02 Å². The molecular formula is C20H17ClO2. The van der Waals surface area contributed by atoms with Gasteiger partial charge in [-0.3, -0.25) is 4.79 Å². The Balaban J connectivity index is 1.86. The van der Waals surface area contributed by atoms with Gasteiger partial charge in [-0.2, -0.15) is 0 Å². The van der Waals surface area contributed by atoms with Crippen LogP contribution in [0.3, 0.4) is 0 Å². The molecule has 0 saturated heterocycles. The maximum absolute atomic E-state index is 12.7. The lowest BCUT2D eigenvalue weighted by atomic mass is 9.87. The van der Waals surface area contributed by atoms with Crippen LogP contribution in [0, 0.1) is 0 Å². The average molecular weight is 325 g/mol. The Kier molecular flexibility index (Phi) is 4.63. The number of carbonyl (C=O) groups is 1. The van der Waals surface area contributed by atoms with Crippen LogP contribution >= 0.6 is 11.6 Å². The molecule has 0 heterocycles. The third kappa shape index (κ3) is 3.91. The second kappa shape index (κ2) is 6.84. The van der Waals surface area contributed by atoms with E-state index in [1.165, 1.54) is 0 Å². The monoisotopic (exact) mass is 324 g/mol. The van der Waals surface area contributed by atoms with Crippen molar-refractivity contribution in [3.05, 3.63) is 75.8 Å². The third-order valence-electron chi connectivity index (χ3n) is 3.92. The van der Waals surface area contributed by atoms with Gasteiger partial charge in [0, 0.05) is 16.2 Å². The number of hydrogen-bond donors (Lipinski definition) is 1. The van der Waals surface area contributed by atoms with Gasteiger partial charge in [0.1, 0.15) is 5.75 Å². The molecule has 2 nitrogen and oxygen atoms in total. The second-order valence-electron chi connectivity index (χ2n) is 5.66. The Labute approximate surface area is 140 Å². The van der Waals surface area contributed by atoms with E-state index < -0.39 is 0 Å². The molecule has 2 aromatic rings. The summed E-state index contributed by atoms with van der Waals surface area (Å²) in [6.45, 7) is 0. The fourth-order valence-electron chi connectivity index (χ4n) is 2.71. The van der Waals surface area contributed by atoms with Gasteiger partial charge in [-0.15, -0.1) is 0 Å². The molecule has 0 aliphatic heterocycles. The number of ketones is 1. The number of aromatic hydroxyl groups is 1. The molecule has 2 aromatic carbocycles. The summed E-state index contributed by atoms with van der Waals surface area (Å²) in [5, 5.41) is 10.0. The van der Waals surface area contributed by atoms with Gasteiger partial charge >= 0.3 is 0 Å². The maximum atomic E-state index is 12.7. The average Bonchev–Trinajstić information content (AvgIpc) is 2.55. The van der Waals surface area contributed by atoms with Crippen LogP contribution in [0.1, 0.15) is 30.4 Å². The van der Waals surface area contributed by atoms with Gasteiger partial charge in [0.2, 0.25) is 0 Å². The Morgan fingerprint density at radius 2 is 1.30 bits per heavy atom. The Morgan fingerprint density at radius 1 is 0.826 bits per heavy atom. The van der Waals surface area contributed by atoms with Crippen LogP contribution in [0.25, 0.3) is 12.2 Å². The smallest absolute Gasteiger partial charge is 0.185 e. The topological polar surface area (TPSA) is 37.3 Å². The summed E-state index contributed by atoms with van der Waals surface area (Å²) in [7, 11) is 0. The molecule has 1 fully saturated rings. The lowest BCUT2D eigenvalue weighted by molar-refractivity contribution is -0.112. The van der Waals surface area contributed by atoms with E-state index in [-0.39, 0.29) is 11.5 Å². The van der Waals surface area contributed by atoms with Crippen molar-refractivity contribution in [1.82, 2.24) is 0 Å². The van der Waals surface area contributed by atoms with E-state index in [2.05, 4.69) is 0 Å². The highest BCUT2D eigenvalue weighted by Crippen LogP contribution is 2.28. The summed E-state index contributed by atoms with van der Waals surface area (Å²) in [5.41, 5.74) is 3.58. The minimum Gasteiger partial charge on any atom is -0.508 e. The minimum atomic E-state index is 0.110. The van der Waals surface area contributed by atoms with Gasteiger partial charge in [0.15, 0.2) is 5.78 Å². The molecule has 116 valence electrons. The molecule has 1 saturated carbocycles. The quantitative estimate of drug-likeness (QED) is 0.764. The molecular weight excluding hydrogens is 308 g/mol. The molecule has 0 spiro atoms. The third-order valence-corrected chi connectivity index (χ3v) is 4.17. The first-order valence-electron chi connectivity index (χ1n) is 7.62. The van der Waals surface area contributed by atoms with Crippen LogP contribution in [0.2, 0.25) is 5.02 Å². The number of phenolic OH excluding ortho intramolecular Hbond substituents is 1. The van der Waals surface area contributed by atoms with E-state index >= 15 is 0 Å². The first kappa shape index (κ1) is 15.6. The number of Topliss-reactive ketones (excluding diaryl/α,β-unsaturated/α-hetero) is 1. The lowest BCUT2D eigenvalue weighted by Crippen LogP contribution is -2.12. The van der Waals surface area contributed by atoms with Crippen molar-refractivity contribution in [2.24, 2.45) is 0 Å². The number of allylic oxidation sites excluding steroid dienone is 2. The number of carbonyl (C=O) groups excluding carboxylic acids is 1. The first-order chi connectivity index (χ1) is 11.1. The predicted molar refractivity (Wildman–Crippen MR) is 94.4 cm³/mol. The van der Waals surface area contributed by atoms with Gasteiger partial charge in [-0.05, 0) is 66.8 Å². The highest BCUT2D eigenvalue weighted by molar-refractivity contribution is 6.30. The van der Waals surface area contributed by atoms with Gasteiger partial charge < -0.3 is 5.11 Å². The zero-order valence-corrected chi connectivity index (χ0v) is 13.4. The molecule has 0 atom stereocenters. The number of benzene rings is 2. The molecule has 0 radical (unpaired) electrons. The van der Waals surface area contributed by atoms with E-state index in [9.17, 15) is 9.90 Å². The fraction of sp³-hybridized carbons (Fsp3) is 0.150. The van der Waals surface area contributed by atoms with Crippen molar-refractivity contribution in [3.63, 3.8) is 0 Å². The predicted octanol–water partition coefficient (Wildman–Crippen LogP) is 5.27. The van der Waals surface area contributed by atoms with Crippen LogP contribution in [0.4, 0.5) is 0 Å². The summed E-state index contributed by atoms with van der Waals surface area (Å²) >= 11 is 5.89. The number of phenols is 1. The molecule has 1 aliphatic carbocycles. The molecule has 0 amide bonds. The molecule has 0 unspecified atom stereocenters. The molecule has 3 heteroatoms. The van der Waals surface area contributed by atoms with Crippen LogP contribution in [0.5, 0.6) is 5.75 Å². The van der Waals surface area contributed by atoms with Crippen LogP contribution in [0.15, 0.2) is 59.7 Å². The van der Waals surface area contributed by atoms with Crippen molar-refractivity contribution in [3.8, 4) is 5.75 Å². The highest BCUT2D eigenvalue weighted by Gasteiger charge is 2.20. The van der Waals surface area contributed by atoms with E-state index in [4.69, 9.17) is 11.6 Å². The number of hydrogen-bond acceptors (Lipinski definition) is 2. The summed E-state index contributed by atoms with van der Waals surface area (Å²) < 4.78 is 0. The number of rotatable bonds is 2. The largest absolute Gasteiger partial charge is 0.508 e. The van der Waals surface area contributed by atoms with Crippen LogP contribution in [-0.2, 0) is 4.79 Å². The zero-order chi connectivity index (χ0) is 16.2. The SMILES string of the molecule is O=C1/C(=C/c2ccc(O)cc2)CCC/C1=C\c1ccc(Cl)cc1. The van der Waals surface area contributed by atoms with E-state index in [1.54, 1.807) is 12.1 Å². The van der Waals surface area contributed by atoms with Gasteiger partial charge in [0.05, 0.1) is 0 Å². The summed E-state index contributed by atoms with van der Waals surface area (Å²) in [5.74, 6) is 0.338. The minimum absolute atomic E-state index is 0.110. The van der Waals surface area contributed by atoms with E-state index in [0.717, 1.165) is 41.5 Å². The Morgan fingerprint density at radius 3 is 1.83 bits per heavy atom. The molecule has 23 heavy (non-hydrogen) atoms. The van der Waals surface area contributed by atoms with Crippen molar-refractivity contribution in [2.45, 2.75) is 19.3 Å². The van der Waals surface area contributed by atoms with Crippen molar-refractivity contribution in [1.29, 1.82) is 0 Å². The number of halogens is 1. The summed E-state index contributed by atoms with van der Waals surface area (Å²) in [6.07, 6.45) is 6.42. The molecule has 1 aliphatic rings. The molecule has 1 N–H and O–H groups in total. The normalized spacial score (nSPS) is 18.6. The van der Waals surface area contributed by atoms with Gasteiger partial charge in [-0.1, -0.05) is 35.9 Å². The first-order valence-corrected chi connectivity index (χ1v) is 8.00. The maximum Gasteiger partial charge on any atom is 0.185 e. The molecule has 0 aromatic heterocycles.